The van der Waals surface area contributed by atoms with Crippen LogP contribution in [0.4, 0.5) is 0 Å². The largest absolute Gasteiger partial charge is 0.497 e. The molecule has 1 aromatic heterocycles. The van der Waals surface area contributed by atoms with Gasteiger partial charge in [0.05, 0.1) is 19.8 Å². The van der Waals surface area contributed by atoms with E-state index in [1.807, 2.05) is 12.1 Å². The zero-order valence-corrected chi connectivity index (χ0v) is 11.4. The average molecular weight is 269 g/mol. The van der Waals surface area contributed by atoms with E-state index in [9.17, 15) is 4.79 Å². The van der Waals surface area contributed by atoms with Crippen LogP contribution in [0.5, 0.6) is 11.5 Å². The number of pyridine rings is 1. The molecule has 0 atom stereocenters. The van der Waals surface area contributed by atoms with Gasteiger partial charge in [-0.15, -0.1) is 0 Å². The van der Waals surface area contributed by atoms with Crippen LogP contribution < -0.4 is 9.47 Å². The molecule has 2 rings (SSSR count). The van der Waals surface area contributed by atoms with Crippen molar-refractivity contribution in [3.05, 3.63) is 59.9 Å². The predicted octanol–water partition coefficient (Wildman–Crippen LogP) is 2.99. The molecule has 0 aliphatic carbocycles. The fourth-order valence-corrected chi connectivity index (χ4v) is 1.74. The van der Waals surface area contributed by atoms with Gasteiger partial charge in [0.1, 0.15) is 11.5 Å². The smallest absolute Gasteiger partial charge is 0.189 e. The number of nitrogens with zero attached hydrogens (tertiary/aromatic N) is 1. The van der Waals surface area contributed by atoms with Crippen LogP contribution in [0.1, 0.15) is 15.9 Å². The summed E-state index contributed by atoms with van der Waals surface area (Å²) in [6.45, 7) is 0. The maximum absolute atomic E-state index is 12.2. The highest BCUT2D eigenvalue weighted by molar-refractivity contribution is 6.08. The third-order valence-electron chi connectivity index (χ3n) is 2.81. The van der Waals surface area contributed by atoms with E-state index in [1.165, 1.54) is 13.2 Å². The Bertz CT molecular complexity index is 621. The molecular formula is C16H15NO3. The van der Waals surface area contributed by atoms with Crippen molar-refractivity contribution in [3.8, 4) is 11.5 Å². The van der Waals surface area contributed by atoms with Crippen molar-refractivity contribution >= 4 is 11.9 Å². The molecule has 0 aliphatic rings. The summed E-state index contributed by atoms with van der Waals surface area (Å²) < 4.78 is 10.3. The third-order valence-corrected chi connectivity index (χ3v) is 2.81. The van der Waals surface area contributed by atoms with Gasteiger partial charge in [0.15, 0.2) is 5.78 Å². The number of rotatable bonds is 5. The Morgan fingerprint density at radius 3 is 2.50 bits per heavy atom. The number of hydrogen-bond donors (Lipinski definition) is 0. The Morgan fingerprint density at radius 1 is 1.10 bits per heavy atom. The van der Waals surface area contributed by atoms with Crippen molar-refractivity contribution < 1.29 is 14.3 Å². The summed E-state index contributed by atoms with van der Waals surface area (Å²) >= 11 is 0. The Morgan fingerprint density at radius 2 is 1.85 bits per heavy atom. The molecule has 0 amide bonds. The molecule has 0 fully saturated rings. The first-order chi connectivity index (χ1) is 9.74. The summed E-state index contributed by atoms with van der Waals surface area (Å²) in [5.74, 6) is 1.02. The minimum atomic E-state index is -0.124. The van der Waals surface area contributed by atoms with Crippen molar-refractivity contribution in [3.63, 3.8) is 0 Å². The number of carbonyl (C=O) groups excluding carboxylic acids is 1. The molecule has 1 aromatic carbocycles. The molecule has 20 heavy (non-hydrogen) atoms. The number of carbonyl (C=O) groups is 1. The fraction of sp³-hybridized carbons (Fsp3) is 0.125. The van der Waals surface area contributed by atoms with E-state index >= 15 is 0 Å². The van der Waals surface area contributed by atoms with Gasteiger partial charge in [-0.3, -0.25) is 9.78 Å². The van der Waals surface area contributed by atoms with Crippen molar-refractivity contribution in [2.24, 2.45) is 0 Å². The zero-order valence-electron chi connectivity index (χ0n) is 11.4. The highest BCUT2D eigenvalue weighted by Crippen LogP contribution is 2.25. The maximum Gasteiger partial charge on any atom is 0.189 e. The van der Waals surface area contributed by atoms with Crippen LogP contribution in [-0.4, -0.2) is 25.0 Å². The second-order valence-electron chi connectivity index (χ2n) is 4.04. The average Bonchev–Trinajstić information content (AvgIpc) is 2.52. The van der Waals surface area contributed by atoms with Crippen molar-refractivity contribution in [1.29, 1.82) is 0 Å². The molecule has 4 heteroatoms. The maximum atomic E-state index is 12.2. The topological polar surface area (TPSA) is 48.4 Å². The van der Waals surface area contributed by atoms with Crippen LogP contribution in [0.3, 0.4) is 0 Å². The molecule has 2 aromatic rings. The lowest BCUT2D eigenvalue weighted by molar-refractivity contribution is 0.104. The van der Waals surface area contributed by atoms with E-state index < -0.39 is 0 Å². The molecule has 0 spiro atoms. The number of allylic oxidation sites excluding steroid dienone is 1. The first kappa shape index (κ1) is 13.8. The Balaban J connectivity index is 2.23. The van der Waals surface area contributed by atoms with Gasteiger partial charge in [-0.2, -0.15) is 0 Å². The molecule has 4 nitrogen and oxygen atoms in total. The molecule has 0 radical (unpaired) electrons. The second-order valence-corrected chi connectivity index (χ2v) is 4.04. The van der Waals surface area contributed by atoms with Gasteiger partial charge in [-0.1, -0.05) is 6.08 Å². The van der Waals surface area contributed by atoms with E-state index in [-0.39, 0.29) is 5.78 Å². The first-order valence-corrected chi connectivity index (χ1v) is 6.09. The highest BCUT2D eigenvalue weighted by Gasteiger charge is 2.10. The number of ether oxygens (including phenoxy) is 2. The SMILES string of the molecule is COc1ccc(C(=O)/C=C\c2ccncc2)c(OC)c1. The van der Waals surface area contributed by atoms with Gasteiger partial charge in [-0.05, 0) is 35.9 Å². The number of benzene rings is 1. The van der Waals surface area contributed by atoms with Crippen LogP contribution in [-0.2, 0) is 0 Å². The lowest BCUT2D eigenvalue weighted by atomic mass is 10.1. The van der Waals surface area contributed by atoms with Crippen LogP contribution in [0.2, 0.25) is 0 Å². The number of ketones is 1. The van der Waals surface area contributed by atoms with Gasteiger partial charge < -0.3 is 9.47 Å². The number of methoxy groups -OCH3 is 2. The van der Waals surface area contributed by atoms with E-state index in [2.05, 4.69) is 4.98 Å². The van der Waals surface area contributed by atoms with Crippen LogP contribution >= 0.6 is 0 Å². The zero-order chi connectivity index (χ0) is 14.4. The molecule has 0 unspecified atom stereocenters. The van der Waals surface area contributed by atoms with E-state index in [0.29, 0.717) is 17.1 Å². The molecule has 0 bridgehead atoms. The number of hydrogen-bond acceptors (Lipinski definition) is 4. The third kappa shape index (κ3) is 3.23. The minimum absolute atomic E-state index is 0.124. The van der Waals surface area contributed by atoms with E-state index in [1.54, 1.807) is 43.8 Å². The van der Waals surface area contributed by atoms with E-state index in [0.717, 1.165) is 5.56 Å². The molecule has 0 N–H and O–H groups in total. The van der Waals surface area contributed by atoms with Gasteiger partial charge >= 0.3 is 0 Å². The summed E-state index contributed by atoms with van der Waals surface area (Å²) in [6.07, 6.45) is 6.61. The monoisotopic (exact) mass is 269 g/mol. The van der Waals surface area contributed by atoms with Gasteiger partial charge in [0.25, 0.3) is 0 Å². The lowest BCUT2D eigenvalue weighted by Gasteiger charge is -2.07. The van der Waals surface area contributed by atoms with Gasteiger partial charge in [0, 0.05) is 18.5 Å². The number of aromatic nitrogens is 1. The summed E-state index contributed by atoms with van der Waals surface area (Å²) in [4.78, 5) is 16.1. The molecule has 102 valence electrons. The normalized spacial score (nSPS) is 10.5. The van der Waals surface area contributed by atoms with E-state index in [4.69, 9.17) is 9.47 Å². The Labute approximate surface area is 117 Å². The van der Waals surface area contributed by atoms with Crippen LogP contribution in [0.15, 0.2) is 48.8 Å². The van der Waals surface area contributed by atoms with Crippen LogP contribution in [0.25, 0.3) is 6.08 Å². The molecular weight excluding hydrogens is 254 g/mol. The van der Waals surface area contributed by atoms with Crippen molar-refractivity contribution in [1.82, 2.24) is 4.98 Å². The summed E-state index contributed by atoms with van der Waals surface area (Å²) in [6, 6.07) is 8.77. The van der Waals surface area contributed by atoms with Gasteiger partial charge in [-0.25, -0.2) is 0 Å². The first-order valence-electron chi connectivity index (χ1n) is 6.09. The lowest BCUT2D eigenvalue weighted by Crippen LogP contribution is -1.99. The van der Waals surface area contributed by atoms with Crippen molar-refractivity contribution in [2.75, 3.05) is 14.2 Å². The minimum Gasteiger partial charge on any atom is -0.497 e. The predicted molar refractivity (Wildman–Crippen MR) is 77.1 cm³/mol. The van der Waals surface area contributed by atoms with Gasteiger partial charge in [0.2, 0.25) is 0 Å². The quantitative estimate of drug-likeness (QED) is 0.618. The Hall–Kier alpha value is -2.62. The standard InChI is InChI=1S/C16H15NO3/c1-19-13-4-5-14(16(11-13)20-2)15(18)6-3-12-7-9-17-10-8-12/h3-11H,1-2H3/b6-3-. The van der Waals surface area contributed by atoms with Crippen molar-refractivity contribution in [2.45, 2.75) is 0 Å². The summed E-state index contributed by atoms with van der Waals surface area (Å²) in [5, 5.41) is 0. The molecule has 0 saturated heterocycles. The Kier molecular flexibility index (Phi) is 4.50. The highest BCUT2D eigenvalue weighted by atomic mass is 16.5. The van der Waals surface area contributed by atoms with Crippen LogP contribution in [0, 0.1) is 0 Å². The molecule has 0 aliphatic heterocycles. The molecule has 1 heterocycles. The molecule has 0 saturated carbocycles. The summed E-state index contributed by atoms with van der Waals surface area (Å²) in [7, 11) is 3.09. The summed E-state index contributed by atoms with van der Waals surface area (Å²) in [5.41, 5.74) is 1.42. The second kappa shape index (κ2) is 6.52. The fourth-order valence-electron chi connectivity index (χ4n) is 1.74.